The summed E-state index contributed by atoms with van der Waals surface area (Å²) >= 11 is 0. The van der Waals surface area contributed by atoms with Gasteiger partial charge in [0.2, 0.25) is 5.91 Å². The summed E-state index contributed by atoms with van der Waals surface area (Å²) in [5.74, 6) is -0.595. The van der Waals surface area contributed by atoms with Crippen LogP contribution < -0.4 is 10.6 Å². The number of unbranched alkanes of at least 4 members (excludes halogenated alkanes) is 1. The Bertz CT molecular complexity index is 972. The highest BCUT2D eigenvalue weighted by Gasteiger charge is 2.51. The molecule has 3 rings (SSSR count). The molecule has 176 valence electrons. The van der Waals surface area contributed by atoms with Gasteiger partial charge in [-0.3, -0.25) is 14.5 Å². The lowest BCUT2D eigenvalue weighted by Crippen LogP contribution is -2.45. The van der Waals surface area contributed by atoms with Gasteiger partial charge in [-0.1, -0.05) is 88.7 Å². The molecular formula is C27H35N3O3. The topological polar surface area (TPSA) is 78.5 Å². The number of nitrogens with one attached hydrogen (secondary N) is 2. The Balaban J connectivity index is 1.72. The van der Waals surface area contributed by atoms with Crippen molar-refractivity contribution in [3.8, 4) is 0 Å². The second-order valence-electron chi connectivity index (χ2n) is 9.08. The first-order valence-electron chi connectivity index (χ1n) is 11.9. The van der Waals surface area contributed by atoms with Crippen LogP contribution in [-0.4, -0.2) is 29.3 Å². The Hall–Kier alpha value is -3.15. The number of imide groups is 1. The van der Waals surface area contributed by atoms with Crippen LogP contribution in [0.2, 0.25) is 0 Å². The van der Waals surface area contributed by atoms with E-state index in [1.54, 1.807) is 0 Å². The van der Waals surface area contributed by atoms with Gasteiger partial charge in [0.15, 0.2) is 0 Å². The van der Waals surface area contributed by atoms with Crippen LogP contribution in [0, 0.1) is 5.92 Å². The molecule has 6 nitrogen and oxygen atoms in total. The first-order valence-corrected chi connectivity index (χ1v) is 11.9. The first kappa shape index (κ1) is 24.5. The van der Waals surface area contributed by atoms with Crippen molar-refractivity contribution in [3.63, 3.8) is 0 Å². The smallest absolute Gasteiger partial charge is 0.325 e. The number of hydrogen-bond donors (Lipinski definition) is 2. The van der Waals surface area contributed by atoms with Gasteiger partial charge in [-0.2, -0.15) is 0 Å². The third-order valence-electron chi connectivity index (χ3n) is 6.42. The van der Waals surface area contributed by atoms with Crippen molar-refractivity contribution in [1.29, 1.82) is 0 Å². The lowest BCUT2D eigenvalue weighted by molar-refractivity contribution is -0.135. The van der Waals surface area contributed by atoms with Crippen LogP contribution in [0.1, 0.15) is 69.7 Å². The van der Waals surface area contributed by atoms with E-state index in [4.69, 9.17) is 0 Å². The van der Waals surface area contributed by atoms with Crippen LogP contribution in [-0.2, 0) is 21.5 Å². The van der Waals surface area contributed by atoms with Gasteiger partial charge in [0, 0.05) is 0 Å². The molecule has 0 aliphatic carbocycles. The van der Waals surface area contributed by atoms with Crippen LogP contribution >= 0.6 is 0 Å². The monoisotopic (exact) mass is 449 g/mol. The SMILES string of the molecule is CCCCc1ccc(C(NC(=O)CN2C(=O)NC(CC)(c3ccccc3)C2=O)C(C)C)cc1. The molecule has 1 aliphatic heterocycles. The third-order valence-corrected chi connectivity index (χ3v) is 6.42. The van der Waals surface area contributed by atoms with E-state index in [1.165, 1.54) is 5.56 Å². The Morgan fingerprint density at radius 1 is 1.03 bits per heavy atom. The van der Waals surface area contributed by atoms with Gasteiger partial charge in [0.05, 0.1) is 6.04 Å². The van der Waals surface area contributed by atoms with E-state index in [0.29, 0.717) is 6.42 Å². The van der Waals surface area contributed by atoms with E-state index in [0.717, 1.165) is 35.3 Å². The van der Waals surface area contributed by atoms with Gasteiger partial charge in [0.25, 0.3) is 5.91 Å². The van der Waals surface area contributed by atoms with Crippen LogP contribution in [0.15, 0.2) is 54.6 Å². The van der Waals surface area contributed by atoms with E-state index in [9.17, 15) is 14.4 Å². The molecule has 2 N–H and O–H groups in total. The van der Waals surface area contributed by atoms with Crippen molar-refractivity contribution in [2.24, 2.45) is 5.92 Å². The molecule has 2 aromatic rings. The van der Waals surface area contributed by atoms with Gasteiger partial charge in [-0.15, -0.1) is 0 Å². The molecule has 1 saturated heterocycles. The zero-order valence-corrected chi connectivity index (χ0v) is 20.1. The van der Waals surface area contributed by atoms with Gasteiger partial charge < -0.3 is 10.6 Å². The zero-order chi connectivity index (χ0) is 24.0. The molecule has 0 saturated carbocycles. The highest BCUT2D eigenvalue weighted by molar-refractivity contribution is 6.09. The lowest BCUT2D eigenvalue weighted by Gasteiger charge is -2.26. The Kier molecular flexibility index (Phi) is 7.90. The van der Waals surface area contributed by atoms with Gasteiger partial charge in [-0.25, -0.2) is 4.79 Å². The number of benzene rings is 2. The fourth-order valence-electron chi connectivity index (χ4n) is 4.40. The summed E-state index contributed by atoms with van der Waals surface area (Å²) in [7, 11) is 0. The van der Waals surface area contributed by atoms with Gasteiger partial charge >= 0.3 is 6.03 Å². The largest absolute Gasteiger partial charge is 0.347 e. The summed E-state index contributed by atoms with van der Waals surface area (Å²) < 4.78 is 0. The quantitative estimate of drug-likeness (QED) is 0.516. The minimum absolute atomic E-state index is 0.151. The van der Waals surface area contributed by atoms with Crippen LogP contribution in [0.4, 0.5) is 4.79 Å². The summed E-state index contributed by atoms with van der Waals surface area (Å²) in [6.45, 7) is 7.81. The fraction of sp³-hybridized carbons (Fsp3) is 0.444. The summed E-state index contributed by atoms with van der Waals surface area (Å²) in [5.41, 5.74) is 1.88. The molecular weight excluding hydrogens is 414 g/mol. The molecule has 0 spiro atoms. The Morgan fingerprint density at radius 3 is 2.27 bits per heavy atom. The van der Waals surface area contributed by atoms with Crippen molar-refractivity contribution in [2.45, 2.75) is 65.0 Å². The number of nitrogens with zero attached hydrogens (tertiary/aromatic N) is 1. The second kappa shape index (κ2) is 10.6. The molecule has 1 aliphatic rings. The zero-order valence-electron chi connectivity index (χ0n) is 20.1. The first-order chi connectivity index (χ1) is 15.8. The van der Waals surface area contributed by atoms with Crippen molar-refractivity contribution in [1.82, 2.24) is 15.5 Å². The average Bonchev–Trinajstić information content (AvgIpc) is 3.07. The van der Waals surface area contributed by atoms with Crippen molar-refractivity contribution in [2.75, 3.05) is 6.54 Å². The summed E-state index contributed by atoms with van der Waals surface area (Å²) in [6.07, 6.45) is 3.75. The molecule has 4 amide bonds. The van der Waals surface area contributed by atoms with Crippen molar-refractivity contribution < 1.29 is 14.4 Å². The van der Waals surface area contributed by atoms with Crippen molar-refractivity contribution >= 4 is 17.8 Å². The second-order valence-corrected chi connectivity index (χ2v) is 9.08. The molecule has 1 heterocycles. The molecule has 2 unspecified atom stereocenters. The molecule has 0 aromatic heterocycles. The molecule has 0 radical (unpaired) electrons. The predicted octanol–water partition coefficient (Wildman–Crippen LogP) is 4.70. The molecule has 1 fully saturated rings. The molecule has 6 heteroatoms. The summed E-state index contributed by atoms with van der Waals surface area (Å²) in [4.78, 5) is 39.9. The number of hydrogen-bond acceptors (Lipinski definition) is 3. The number of aryl methyl sites for hydroxylation is 1. The number of urea groups is 1. The molecule has 33 heavy (non-hydrogen) atoms. The number of carbonyl (C=O) groups excluding carboxylic acids is 3. The highest BCUT2D eigenvalue weighted by atomic mass is 16.2. The van der Waals surface area contributed by atoms with Crippen molar-refractivity contribution in [3.05, 3.63) is 71.3 Å². The lowest BCUT2D eigenvalue weighted by atomic mass is 9.87. The Morgan fingerprint density at radius 2 is 1.70 bits per heavy atom. The van der Waals surface area contributed by atoms with E-state index < -0.39 is 17.5 Å². The van der Waals surface area contributed by atoms with Gasteiger partial charge in [-0.05, 0) is 41.9 Å². The average molecular weight is 450 g/mol. The number of amides is 4. The maximum atomic E-state index is 13.3. The van der Waals surface area contributed by atoms with E-state index in [-0.39, 0.29) is 24.4 Å². The number of carbonyl (C=O) groups is 3. The minimum Gasteiger partial charge on any atom is -0.347 e. The highest BCUT2D eigenvalue weighted by Crippen LogP contribution is 2.32. The maximum absolute atomic E-state index is 13.3. The van der Waals surface area contributed by atoms with Gasteiger partial charge in [0.1, 0.15) is 12.1 Å². The van der Waals surface area contributed by atoms with Crippen LogP contribution in [0.25, 0.3) is 0 Å². The summed E-state index contributed by atoms with van der Waals surface area (Å²) in [5, 5.41) is 5.86. The molecule has 2 atom stereocenters. The Labute approximate surface area is 196 Å². The summed E-state index contributed by atoms with van der Waals surface area (Å²) in [6, 6.07) is 16.8. The third kappa shape index (κ3) is 5.27. The predicted molar refractivity (Wildman–Crippen MR) is 129 cm³/mol. The maximum Gasteiger partial charge on any atom is 0.325 e. The molecule has 2 aromatic carbocycles. The van der Waals surface area contributed by atoms with E-state index >= 15 is 0 Å². The van der Waals surface area contributed by atoms with E-state index in [2.05, 4.69) is 41.8 Å². The normalized spacial score (nSPS) is 19.0. The molecule has 0 bridgehead atoms. The number of rotatable bonds is 10. The minimum atomic E-state index is -1.13. The fourth-order valence-corrected chi connectivity index (χ4v) is 4.40. The van der Waals surface area contributed by atoms with Crippen LogP contribution in [0.5, 0.6) is 0 Å². The standard InChI is InChI=1S/C27H35N3O3/c1-5-7-11-20-14-16-21(17-15-20)24(19(3)4)28-23(31)18-30-25(32)27(6-2,29-26(30)33)22-12-9-8-10-13-22/h8-10,12-17,19,24H,5-7,11,18H2,1-4H3,(H,28,31)(H,29,33). The van der Waals surface area contributed by atoms with Crippen LogP contribution in [0.3, 0.4) is 0 Å². The van der Waals surface area contributed by atoms with E-state index in [1.807, 2.05) is 51.1 Å².